The summed E-state index contributed by atoms with van der Waals surface area (Å²) in [6, 6.07) is 11.6. The van der Waals surface area contributed by atoms with Gasteiger partial charge in [0.15, 0.2) is 5.69 Å². The predicted octanol–water partition coefficient (Wildman–Crippen LogP) is 5.18. The fourth-order valence-electron chi connectivity index (χ4n) is 6.46. The van der Waals surface area contributed by atoms with Crippen molar-refractivity contribution in [3.63, 3.8) is 0 Å². The van der Waals surface area contributed by atoms with Gasteiger partial charge in [-0.1, -0.05) is 13.0 Å². The van der Waals surface area contributed by atoms with E-state index in [1.807, 2.05) is 0 Å². The topological polar surface area (TPSA) is 54.2 Å². The van der Waals surface area contributed by atoms with Crippen LogP contribution in [-0.2, 0) is 15.9 Å². The largest absolute Gasteiger partial charge is 0.496 e. The molecule has 5 rings (SSSR count). The van der Waals surface area contributed by atoms with Gasteiger partial charge in [-0.25, -0.2) is 4.52 Å². The molecule has 2 aliphatic heterocycles. The first kappa shape index (κ1) is 25.1. The Labute approximate surface area is 214 Å². The van der Waals surface area contributed by atoms with Gasteiger partial charge < -0.3 is 18.9 Å². The maximum atomic E-state index is 5.84. The molecule has 2 fully saturated rings. The third-order valence-electron chi connectivity index (χ3n) is 8.32. The number of fused-ring (bicyclic) bond motifs is 1. The second kappa shape index (κ2) is 10.4. The van der Waals surface area contributed by atoms with Crippen molar-refractivity contribution < 1.29 is 18.9 Å². The zero-order valence-electron chi connectivity index (χ0n) is 22.4. The number of hydrogen-bond acceptors (Lipinski definition) is 5. The Morgan fingerprint density at radius 1 is 0.944 bits per heavy atom. The first-order valence-corrected chi connectivity index (χ1v) is 13.3. The standard InChI is InChI=1S/C29H40N3O4/c1-6-23-29(32(3,21-10-14-35-15-11-21)22-12-16-36-17-13-22)25-9-7-8-24(31(25)30-23)28-26(33-4)18-20(2)19-27(28)34-5/h7-9,18-19,21-22H,6,10-17H2,1-5H3/q+1. The lowest BCUT2D eigenvalue weighted by molar-refractivity contribution is -0.00346. The molecule has 36 heavy (non-hydrogen) atoms. The van der Waals surface area contributed by atoms with Crippen LogP contribution in [0.5, 0.6) is 11.5 Å². The van der Waals surface area contributed by atoms with Crippen LogP contribution >= 0.6 is 0 Å². The maximum absolute atomic E-state index is 5.84. The second-order valence-corrected chi connectivity index (χ2v) is 10.2. The summed E-state index contributed by atoms with van der Waals surface area (Å²) < 4.78 is 26.3. The van der Waals surface area contributed by atoms with Crippen molar-refractivity contribution in [3.05, 3.63) is 41.6 Å². The summed E-state index contributed by atoms with van der Waals surface area (Å²) in [6.07, 6.45) is 5.13. The number of aromatic nitrogens is 2. The summed E-state index contributed by atoms with van der Waals surface area (Å²) in [5.74, 6) is 1.58. The van der Waals surface area contributed by atoms with Crippen LogP contribution in [0.4, 0.5) is 5.69 Å². The van der Waals surface area contributed by atoms with Crippen molar-refractivity contribution >= 4 is 11.2 Å². The molecular formula is C29H40N3O4+. The van der Waals surface area contributed by atoms with E-state index in [0.29, 0.717) is 12.1 Å². The van der Waals surface area contributed by atoms with Gasteiger partial charge in [-0.2, -0.15) is 5.10 Å². The third kappa shape index (κ3) is 4.17. The van der Waals surface area contributed by atoms with Gasteiger partial charge in [0.25, 0.3) is 0 Å². The van der Waals surface area contributed by atoms with Gasteiger partial charge in [-0.05, 0) is 43.2 Å². The summed E-state index contributed by atoms with van der Waals surface area (Å²) in [4.78, 5) is 0. The Morgan fingerprint density at radius 2 is 1.50 bits per heavy atom. The maximum Gasteiger partial charge on any atom is 0.182 e. The molecule has 194 valence electrons. The molecule has 0 spiro atoms. The van der Waals surface area contributed by atoms with Crippen LogP contribution in [0.15, 0.2) is 30.3 Å². The van der Waals surface area contributed by atoms with E-state index in [9.17, 15) is 0 Å². The van der Waals surface area contributed by atoms with E-state index < -0.39 is 0 Å². The van der Waals surface area contributed by atoms with Crippen LogP contribution in [0.3, 0.4) is 0 Å². The molecule has 2 aromatic heterocycles. The van der Waals surface area contributed by atoms with Gasteiger partial charge in [0.2, 0.25) is 0 Å². The van der Waals surface area contributed by atoms with Crippen molar-refractivity contribution in [1.29, 1.82) is 0 Å². The number of methoxy groups -OCH3 is 2. The first-order chi connectivity index (χ1) is 17.5. The van der Waals surface area contributed by atoms with Gasteiger partial charge in [-0.15, -0.1) is 0 Å². The number of quaternary nitrogens is 1. The SMILES string of the molecule is CCc1nn2c(-c3c(OC)cc(C)cc3OC)cccc2c1[N+](C)(C1CCOCC1)C1CCOCC1. The summed E-state index contributed by atoms with van der Waals surface area (Å²) in [6.45, 7) is 7.57. The minimum Gasteiger partial charge on any atom is -0.496 e. The van der Waals surface area contributed by atoms with Crippen molar-refractivity contribution in [3.8, 4) is 22.8 Å². The highest BCUT2D eigenvalue weighted by Gasteiger charge is 2.46. The van der Waals surface area contributed by atoms with E-state index in [0.717, 1.165) is 103 Å². The monoisotopic (exact) mass is 494 g/mol. The van der Waals surface area contributed by atoms with Crippen LogP contribution in [0, 0.1) is 6.92 Å². The number of nitrogens with zero attached hydrogens (tertiary/aromatic N) is 3. The summed E-state index contributed by atoms with van der Waals surface area (Å²) in [5.41, 5.74) is 6.68. The number of rotatable bonds is 7. The van der Waals surface area contributed by atoms with Crippen LogP contribution in [0.25, 0.3) is 16.8 Å². The molecular weight excluding hydrogens is 454 g/mol. The van der Waals surface area contributed by atoms with Crippen LogP contribution < -0.4 is 14.0 Å². The molecule has 0 bridgehead atoms. The molecule has 3 aromatic rings. The van der Waals surface area contributed by atoms with E-state index in [4.69, 9.17) is 24.0 Å². The second-order valence-electron chi connectivity index (χ2n) is 10.2. The van der Waals surface area contributed by atoms with Crippen molar-refractivity contribution in [2.24, 2.45) is 0 Å². The zero-order chi connectivity index (χ0) is 25.3. The molecule has 7 nitrogen and oxygen atoms in total. The van der Waals surface area contributed by atoms with E-state index in [-0.39, 0.29) is 0 Å². The molecule has 0 radical (unpaired) electrons. The Kier molecular flexibility index (Phi) is 7.24. The van der Waals surface area contributed by atoms with Gasteiger partial charge >= 0.3 is 0 Å². The normalized spacial score (nSPS) is 18.0. The molecule has 0 unspecified atom stereocenters. The number of pyridine rings is 1. The van der Waals surface area contributed by atoms with Crippen LogP contribution in [0.1, 0.15) is 43.9 Å². The van der Waals surface area contributed by atoms with Crippen molar-refractivity contribution in [2.45, 2.75) is 58.0 Å². The van der Waals surface area contributed by atoms with Gasteiger partial charge in [0.1, 0.15) is 22.7 Å². The van der Waals surface area contributed by atoms with E-state index in [1.165, 1.54) is 5.69 Å². The molecule has 0 aliphatic carbocycles. The van der Waals surface area contributed by atoms with Gasteiger partial charge in [-0.3, -0.25) is 4.48 Å². The predicted molar refractivity (Wildman–Crippen MR) is 143 cm³/mol. The molecule has 4 heterocycles. The van der Waals surface area contributed by atoms with E-state index >= 15 is 0 Å². The van der Waals surface area contributed by atoms with Gasteiger partial charge in [0, 0.05) is 25.7 Å². The Bertz CT molecular complexity index is 1170. The summed E-state index contributed by atoms with van der Waals surface area (Å²) in [5, 5.41) is 5.26. The highest BCUT2D eigenvalue weighted by atomic mass is 16.5. The fraction of sp³-hybridized carbons (Fsp3) is 0.552. The van der Waals surface area contributed by atoms with Crippen molar-refractivity contribution in [1.82, 2.24) is 14.1 Å². The average Bonchev–Trinajstić information content (AvgIpc) is 3.32. The summed E-state index contributed by atoms with van der Waals surface area (Å²) in [7, 11) is 5.88. The molecule has 7 heteroatoms. The first-order valence-electron chi connectivity index (χ1n) is 13.3. The Hall–Kier alpha value is -2.61. The Morgan fingerprint density at radius 3 is 2.00 bits per heavy atom. The van der Waals surface area contributed by atoms with Crippen LogP contribution in [0.2, 0.25) is 0 Å². The lowest BCUT2D eigenvalue weighted by Gasteiger charge is -2.49. The third-order valence-corrected chi connectivity index (χ3v) is 8.32. The molecule has 2 aliphatic rings. The smallest absolute Gasteiger partial charge is 0.182 e. The molecule has 0 atom stereocenters. The summed E-state index contributed by atoms with van der Waals surface area (Å²) >= 11 is 0. The minimum absolute atomic E-state index is 0.493. The lowest BCUT2D eigenvalue weighted by atomic mass is 9.94. The zero-order valence-corrected chi connectivity index (χ0v) is 22.4. The lowest BCUT2D eigenvalue weighted by Crippen LogP contribution is -2.63. The molecule has 2 saturated heterocycles. The molecule has 0 saturated carbocycles. The number of ether oxygens (including phenoxy) is 4. The van der Waals surface area contributed by atoms with Gasteiger partial charge in [0.05, 0.1) is 71.0 Å². The number of hydrogen-bond donors (Lipinski definition) is 0. The van der Waals surface area contributed by atoms with Crippen molar-refractivity contribution in [2.75, 3.05) is 47.7 Å². The number of benzene rings is 1. The molecule has 1 aromatic carbocycles. The minimum atomic E-state index is 0.493. The molecule has 0 N–H and O–H groups in total. The highest BCUT2D eigenvalue weighted by molar-refractivity contribution is 5.82. The van der Waals surface area contributed by atoms with E-state index in [2.05, 4.69) is 55.7 Å². The average molecular weight is 495 g/mol. The Balaban J connectivity index is 1.76. The molecule has 0 amide bonds. The fourth-order valence-corrected chi connectivity index (χ4v) is 6.46. The number of aryl methyl sites for hydroxylation is 2. The van der Waals surface area contributed by atoms with Crippen LogP contribution in [-0.4, -0.2) is 69.4 Å². The quantitative estimate of drug-likeness (QED) is 0.424. The van der Waals surface area contributed by atoms with E-state index in [1.54, 1.807) is 14.2 Å². The highest BCUT2D eigenvalue weighted by Crippen LogP contribution is 2.44.